The molecule has 0 aliphatic heterocycles. The van der Waals surface area contributed by atoms with Crippen LogP contribution in [0.1, 0.15) is 52.9 Å². The summed E-state index contributed by atoms with van der Waals surface area (Å²) in [6.45, 7) is 12.2. The lowest BCUT2D eigenvalue weighted by atomic mass is 10.1. The third-order valence-electron chi connectivity index (χ3n) is 3.52. The van der Waals surface area contributed by atoms with Gasteiger partial charge in [0.1, 0.15) is 0 Å². The van der Waals surface area contributed by atoms with Crippen LogP contribution in [-0.4, -0.2) is 50.8 Å². The Kier molecular flexibility index (Phi) is 13.2. The maximum absolute atomic E-state index is 5.22. The van der Waals surface area contributed by atoms with Gasteiger partial charge in [-0.2, -0.15) is 0 Å². The second-order valence-electron chi connectivity index (χ2n) is 4.96. The number of nitrogens with one attached hydrogen (secondary N) is 1. The molecule has 0 saturated carbocycles. The summed E-state index contributed by atoms with van der Waals surface area (Å²) in [7, 11) is 1.79. The van der Waals surface area contributed by atoms with Gasteiger partial charge in [-0.3, -0.25) is 4.90 Å². The zero-order valence-corrected chi connectivity index (χ0v) is 13.0. The van der Waals surface area contributed by atoms with Crippen molar-refractivity contribution in [3.8, 4) is 0 Å². The number of nitrogens with zero attached hydrogens (tertiary/aromatic N) is 1. The second kappa shape index (κ2) is 13.3. The maximum atomic E-state index is 5.22. The summed E-state index contributed by atoms with van der Waals surface area (Å²) in [5.74, 6) is 0. The van der Waals surface area contributed by atoms with E-state index >= 15 is 0 Å². The molecular weight excluding hydrogens is 224 g/mol. The average Bonchev–Trinajstić information content (AvgIpc) is 2.40. The predicted molar refractivity (Wildman–Crippen MR) is 80.2 cm³/mol. The van der Waals surface area contributed by atoms with E-state index in [4.69, 9.17) is 4.74 Å². The Bertz CT molecular complexity index is 161. The number of hydrogen-bond acceptors (Lipinski definition) is 3. The summed E-state index contributed by atoms with van der Waals surface area (Å²) in [6.07, 6.45) is 6.29. The molecule has 0 aromatic heterocycles. The fourth-order valence-electron chi connectivity index (χ4n) is 2.36. The Labute approximate surface area is 114 Å². The smallest absolute Gasteiger partial charge is 0.0589 e. The molecule has 0 bridgehead atoms. The van der Waals surface area contributed by atoms with E-state index in [1.165, 1.54) is 38.6 Å². The lowest BCUT2D eigenvalue weighted by molar-refractivity contribution is 0.114. The van der Waals surface area contributed by atoms with Crippen LogP contribution in [-0.2, 0) is 4.74 Å². The number of ether oxygens (including phenoxy) is 1. The van der Waals surface area contributed by atoms with Crippen LogP contribution in [0.3, 0.4) is 0 Å². The Hall–Kier alpha value is -0.120. The Balaban J connectivity index is 3.78. The third kappa shape index (κ3) is 8.90. The first-order chi connectivity index (χ1) is 8.79. The number of methoxy groups -OCH3 is 1. The van der Waals surface area contributed by atoms with Crippen molar-refractivity contribution in [3.05, 3.63) is 0 Å². The van der Waals surface area contributed by atoms with Crippen molar-refractivity contribution in [3.63, 3.8) is 0 Å². The fourth-order valence-corrected chi connectivity index (χ4v) is 2.36. The molecule has 3 nitrogen and oxygen atoms in total. The average molecular weight is 258 g/mol. The molecule has 0 unspecified atom stereocenters. The molecule has 0 heterocycles. The lowest BCUT2D eigenvalue weighted by Gasteiger charge is -2.30. The molecule has 0 saturated heterocycles. The molecule has 110 valence electrons. The molecular formula is C15H34N2O. The highest BCUT2D eigenvalue weighted by Crippen LogP contribution is 2.09. The number of unbranched alkanes of at least 4 members (excludes halogenated alkanes) is 1. The second-order valence-corrected chi connectivity index (χ2v) is 4.96. The lowest BCUT2D eigenvalue weighted by Crippen LogP contribution is -2.38. The predicted octanol–water partition coefficient (Wildman–Crippen LogP) is 2.90. The largest absolute Gasteiger partial charge is 0.383 e. The monoisotopic (exact) mass is 258 g/mol. The van der Waals surface area contributed by atoms with E-state index in [1.807, 2.05) is 0 Å². The topological polar surface area (TPSA) is 24.5 Å². The van der Waals surface area contributed by atoms with E-state index in [0.717, 1.165) is 32.3 Å². The molecule has 0 rings (SSSR count). The summed E-state index contributed by atoms with van der Waals surface area (Å²) in [5, 5.41) is 3.47. The first-order valence-corrected chi connectivity index (χ1v) is 7.73. The van der Waals surface area contributed by atoms with Crippen molar-refractivity contribution < 1.29 is 4.74 Å². The van der Waals surface area contributed by atoms with Gasteiger partial charge in [0.2, 0.25) is 0 Å². The molecule has 1 N–H and O–H groups in total. The Morgan fingerprint density at radius 3 is 2.28 bits per heavy atom. The zero-order valence-electron chi connectivity index (χ0n) is 13.0. The van der Waals surface area contributed by atoms with Gasteiger partial charge in [-0.05, 0) is 51.7 Å². The summed E-state index contributed by atoms with van der Waals surface area (Å²) < 4.78 is 5.22. The molecule has 0 spiro atoms. The summed E-state index contributed by atoms with van der Waals surface area (Å²) >= 11 is 0. The minimum Gasteiger partial charge on any atom is -0.383 e. The van der Waals surface area contributed by atoms with Gasteiger partial charge in [0.05, 0.1) is 6.61 Å². The first kappa shape index (κ1) is 17.9. The van der Waals surface area contributed by atoms with Crippen molar-refractivity contribution in [2.45, 2.75) is 58.9 Å². The van der Waals surface area contributed by atoms with Crippen molar-refractivity contribution in [1.29, 1.82) is 0 Å². The minimum absolute atomic E-state index is 0.726. The van der Waals surface area contributed by atoms with Crippen molar-refractivity contribution in [2.75, 3.05) is 39.9 Å². The normalized spacial score (nSPS) is 11.7. The highest BCUT2D eigenvalue weighted by atomic mass is 16.5. The fraction of sp³-hybridized carbons (Fsp3) is 1.00. The van der Waals surface area contributed by atoms with Gasteiger partial charge in [-0.15, -0.1) is 0 Å². The molecule has 0 amide bonds. The standard InChI is InChI=1S/C15H34N2O/c1-5-10-16-11-8-9-12-17(13-14-18-4)15(6-2)7-3/h15-16H,5-14H2,1-4H3. The van der Waals surface area contributed by atoms with Crippen molar-refractivity contribution in [2.24, 2.45) is 0 Å². The van der Waals surface area contributed by atoms with E-state index in [1.54, 1.807) is 7.11 Å². The van der Waals surface area contributed by atoms with Crippen LogP contribution in [0, 0.1) is 0 Å². The van der Waals surface area contributed by atoms with Gasteiger partial charge in [-0.25, -0.2) is 0 Å². The van der Waals surface area contributed by atoms with E-state index in [2.05, 4.69) is 31.0 Å². The van der Waals surface area contributed by atoms with Gasteiger partial charge >= 0.3 is 0 Å². The van der Waals surface area contributed by atoms with Crippen LogP contribution < -0.4 is 5.32 Å². The van der Waals surface area contributed by atoms with Gasteiger partial charge < -0.3 is 10.1 Å². The molecule has 0 aromatic rings. The Morgan fingerprint density at radius 1 is 1.00 bits per heavy atom. The van der Waals surface area contributed by atoms with E-state index in [9.17, 15) is 0 Å². The molecule has 0 radical (unpaired) electrons. The number of rotatable bonds is 13. The molecule has 3 heteroatoms. The van der Waals surface area contributed by atoms with Crippen molar-refractivity contribution >= 4 is 0 Å². The summed E-state index contributed by atoms with van der Waals surface area (Å²) in [6, 6.07) is 0.726. The molecule has 0 aliphatic carbocycles. The maximum Gasteiger partial charge on any atom is 0.0589 e. The Morgan fingerprint density at radius 2 is 1.72 bits per heavy atom. The van der Waals surface area contributed by atoms with Crippen LogP contribution in [0.2, 0.25) is 0 Å². The molecule has 0 aromatic carbocycles. The highest BCUT2D eigenvalue weighted by Gasteiger charge is 2.13. The van der Waals surface area contributed by atoms with Crippen LogP contribution in [0.5, 0.6) is 0 Å². The highest BCUT2D eigenvalue weighted by molar-refractivity contribution is 4.69. The van der Waals surface area contributed by atoms with Crippen LogP contribution in [0.15, 0.2) is 0 Å². The van der Waals surface area contributed by atoms with Gasteiger partial charge in [-0.1, -0.05) is 20.8 Å². The zero-order chi connectivity index (χ0) is 13.6. The quantitative estimate of drug-likeness (QED) is 0.514. The van der Waals surface area contributed by atoms with E-state index in [-0.39, 0.29) is 0 Å². The molecule has 18 heavy (non-hydrogen) atoms. The van der Waals surface area contributed by atoms with Crippen LogP contribution in [0.25, 0.3) is 0 Å². The summed E-state index contributed by atoms with van der Waals surface area (Å²) in [4.78, 5) is 2.60. The number of hydrogen-bond donors (Lipinski definition) is 1. The van der Waals surface area contributed by atoms with Crippen LogP contribution >= 0.6 is 0 Å². The molecule has 0 aliphatic rings. The van der Waals surface area contributed by atoms with Crippen LogP contribution in [0.4, 0.5) is 0 Å². The van der Waals surface area contributed by atoms with E-state index in [0.29, 0.717) is 0 Å². The van der Waals surface area contributed by atoms with E-state index < -0.39 is 0 Å². The van der Waals surface area contributed by atoms with Gasteiger partial charge in [0.15, 0.2) is 0 Å². The first-order valence-electron chi connectivity index (χ1n) is 7.73. The SMILES string of the molecule is CCCNCCCCN(CCOC)C(CC)CC. The third-order valence-corrected chi connectivity index (χ3v) is 3.52. The molecule has 0 atom stereocenters. The van der Waals surface area contributed by atoms with Gasteiger partial charge in [0.25, 0.3) is 0 Å². The minimum atomic E-state index is 0.726. The van der Waals surface area contributed by atoms with Crippen molar-refractivity contribution in [1.82, 2.24) is 10.2 Å². The summed E-state index contributed by atoms with van der Waals surface area (Å²) in [5.41, 5.74) is 0. The van der Waals surface area contributed by atoms with Gasteiger partial charge in [0, 0.05) is 19.7 Å². The molecule has 0 fully saturated rings.